The molecule has 0 spiro atoms. The molecule has 4 rings (SSSR count). The van der Waals surface area contributed by atoms with Gasteiger partial charge in [0.15, 0.2) is 0 Å². The van der Waals surface area contributed by atoms with E-state index in [1.54, 1.807) is 9.80 Å². The number of carbonyl (C=O) groups excluding carboxylic acids is 2. The molecule has 0 aliphatic carbocycles. The Labute approximate surface area is 225 Å². The zero-order chi connectivity index (χ0) is 28.5. The average molecular weight is 569 g/mol. The fourth-order valence-corrected chi connectivity index (χ4v) is 6.02. The molecule has 0 bridgehead atoms. The zero-order valence-corrected chi connectivity index (χ0v) is 22.7. The molecule has 3 amide bonds. The van der Waals surface area contributed by atoms with E-state index in [4.69, 9.17) is 4.74 Å². The Morgan fingerprint density at radius 1 is 0.974 bits per heavy atom. The zero-order valence-electron chi connectivity index (χ0n) is 21.9. The number of methoxy groups -OCH3 is 1. The lowest BCUT2D eigenvalue weighted by Crippen LogP contribution is -2.53. The van der Waals surface area contributed by atoms with Crippen molar-refractivity contribution in [2.24, 2.45) is 0 Å². The summed E-state index contributed by atoms with van der Waals surface area (Å²) in [6, 6.07) is 11.8. The number of alkyl halides is 3. The molecule has 2 fully saturated rings. The van der Waals surface area contributed by atoms with Crippen molar-refractivity contribution >= 4 is 22.0 Å². The van der Waals surface area contributed by atoms with Gasteiger partial charge in [0.1, 0.15) is 5.75 Å². The minimum atomic E-state index is -4.70. The molecule has 2 atom stereocenters. The van der Waals surface area contributed by atoms with Gasteiger partial charge in [-0.15, -0.1) is 0 Å². The smallest absolute Gasteiger partial charge is 0.419 e. The highest BCUT2D eigenvalue weighted by Gasteiger charge is 2.42. The highest BCUT2D eigenvalue weighted by atomic mass is 32.2. The van der Waals surface area contributed by atoms with Crippen LogP contribution in [0.2, 0.25) is 0 Å². The van der Waals surface area contributed by atoms with Gasteiger partial charge in [0.05, 0.1) is 25.0 Å². The maximum absolute atomic E-state index is 13.6. The van der Waals surface area contributed by atoms with Gasteiger partial charge in [-0.1, -0.05) is 30.3 Å². The maximum atomic E-state index is 13.6. The Hall–Kier alpha value is -3.32. The summed E-state index contributed by atoms with van der Waals surface area (Å²) in [5.41, 5.74) is -0.288. The summed E-state index contributed by atoms with van der Waals surface area (Å²) >= 11 is 0. The monoisotopic (exact) mass is 568 g/mol. The standard InChI is InChI=1S/C26H31F3N4O5S/c1-30(24(34)19-9-10-23(38-2)21(15-19)26(27,28)29)22-17-32(16-20(22)18-7-5-4-6-8-18)25(35)31-11-13-33(14-12-31)39(3,36)37/h4-10,15,20,22H,11-14,16-17H2,1-3H3/t20-,22+/m0/s1. The van der Waals surface area contributed by atoms with Crippen LogP contribution in [0.1, 0.15) is 27.4 Å². The molecule has 0 N–H and O–H groups in total. The lowest BCUT2D eigenvalue weighted by atomic mass is 9.93. The third-order valence-corrected chi connectivity index (χ3v) is 8.64. The largest absolute Gasteiger partial charge is 0.496 e. The molecule has 0 aromatic heterocycles. The van der Waals surface area contributed by atoms with Crippen molar-refractivity contribution in [2.75, 3.05) is 59.7 Å². The van der Waals surface area contributed by atoms with Gasteiger partial charge in [-0.2, -0.15) is 17.5 Å². The lowest BCUT2D eigenvalue weighted by Gasteiger charge is -2.35. The summed E-state index contributed by atoms with van der Waals surface area (Å²) in [6.45, 7) is 1.35. The SMILES string of the molecule is COc1ccc(C(=O)N(C)[C@@H]2CN(C(=O)N3CCN(S(C)(=O)=O)CC3)C[C@H]2c2ccccc2)cc1C(F)(F)F. The van der Waals surface area contributed by atoms with Gasteiger partial charge in [0, 0.05) is 57.8 Å². The summed E-state index contributed by atoms with van der Waals surface area (Å²) in [4.78, 5) is 31.5. The second-order valence-corrected chi connectivity index (χ2v) is 11.7. The van der Waals surface area contributed by atoms with E-state index in [0.717, 1.165) is 31.1 Å². The number of ether oxygens (including phenoxy) is 1. The van der Waals surface area contributed by atoms with Crippen LogP contribution in [0.3, 0.4) is 0 Å². The molecule has 2 heterocycles. The minimum Gasteiger partial charge on any atom is -0.496 e. The number of amides is 3. The van der Waals surface area contributed by atoms with Crippen LogP contribution in [0.5, 0.6) is 5.75 Å². The van der Waals surface area contributed by atoms with Gasteiger partial charge < -0.3 is 19.4 Å². The third-order valence-electron chi connectivity index (χ3n) is 7.34. The molecule has 2 aromatic rings. The normalized spacial score (nSPS) is 20.7. The predicted molar refractivity (Wildman–Crippen MR) is 138 cm³/mol. The number of nitrogens with zero attached hydrogens (tertiary/aromatic N) is 4. The van der Waals surface area contributed by atoms with Gasteiger partial charge in [-0.05, 0) is 23.8 Å². The van der Waals surface area contributed by atoms with Crippen molar-refractivity contribution in [2.45, 2.75) is 18.1 Å². The molecule has 2 aliphatic heterocycles. The Bertz CT molecular complexity index is 1310. The van der Waals surface area contributed by atoms with Crippen LogP contribution < -0.4 is 4.74 Å². The van der Waals surface area contributed by atoms with E-state index < -0.39 is 33.7 Å². The van der Waals surface area contributed by atoms with Crippen LogP contribution in [0, 0.1) is 0 Å². The van der Waals surface area contributed by atoms with E-state index in [1.165, 1.54) is 22.3 Å². The Kier molecular flexibility index (Phi) is 8.12. The molecule has 9 nitrogen and oxygen atoms in total. The van der Waals surface area contributed by atoms with Crippen LogP contribution in [-0.2, 0) is 16.2 Å². The van der Waals surface area contributed by atoms with E-state index in [1.807, 2.05) is 30.3 Å². The first kappa shape index (κ1) is 28.7. The first-order valence-corrected chi connectivity index (χ1v) is 14.2. The van der Waals surface area contributed by atoms with Crippen LogP contribution >= 0.6 is 0 Å². The van der Waals surface area contributed by atoms with Crippen molar-refractivity contribution < 1.29 is 35.9 Å². The minimum absolute atomic E-state index is 0.140. The quantitative estimate of drug-likeness (QED) is 0.554. The average Bonchev–Trinajstić information content (AvgIpc) is 3.36. The van der Waals surface area contributed by atoms with Crippen LogP contribution in [0.15, 0.2) is 48.5 Å². The Morgan fingerprint density at radius 2 is 1.62 bits per heavy atom. The van der Waals surface area contributed by atoms with E-state index in [2.05, 4.69) is 0 Å². The number of rotatable bonds is 5. The number of hydrogen-bond donors (Lipinski definition) is 0. The number of piperazine rings is 1. The fourth-order valence-electron chi connectivity index (χ4n) is 5.19. The fraction of sp³-hybridized carbons (Fsp3) is 0.462. The number of carbonyl (C=O) groups is 2. The second-order valence-electron chi connectivity index (χ2n) is 9.75. The summed E-state index contributed by atoms with van der Waals surface area (Å²) in [7, 11) is -0.692. The molecule has 13 heteroatoms. The summed E-state index contributed by atoms with van der Waals surface area (Å²) in [5.74, 6) is -1.26. The number of benzene rings is 2. The summed E-state index contributed by atoms with van der Waals surface area (Å²) in [6.07, 6.45) is -3.57. The molecule has 2 saturated heterocycles. The lowest BCUT2D eigenvalue weighted by molar-refractivity contribution is -0.138. The number of urea groups is 1. The Morgan fingerprint density at radius 3 is 2.18 bits per heavy atom. The molecular weight excluding hydrogens is 537 g/mol. The van der Waals surface area contributed by atoms with Gasteiger partial charge in [-0.3, -0.25) is 4.79 Å². The van der Waals surface area contributed by atoms with Gasteiger partial charge in [0.2, 0.25) is 10.0 Å². The number of likely N-dealkylation sites (N-methyl/N-ethyl adjacent to an activating group) is 1. The highest BCUT2D eigenvalue weighted by molar-refractivity contribution is 7.88. The molecule has 2 aliphatic rings. The summed E-state index contributed by atoms with van der Waals surface area (Å²) < 4.78 is 70.6. The third kappa shape index (κ3) is 6.14. The van der Waals surface area contributed by atoms with Crippen molar-refractivity contribution in [1.29, 1.82) is 0 Å². The molecule has 39 heavy (non-hydrogen) atoms. The van der Waals surface area contributed by atoms with Crippen molar-refractivity contribution in [3.63, 3.8) is 0 Å². The number of likely N-dealkylation sites (tertiary alicyclic amines) is 1. The number of halogens is 3. The van der Waals surface area contributed by atoms with Crippen LogP contribution in [0.4, 0.5) is 18.0 Å². The molecule has 0 unspecified atom stereocenters. The van der Waals surface area contributed by atoms with Crippen LogP contribution in [-0.4, -0.2) is 105 Å². The number of sulfonamides is 1. The first-order valence-electron chi connectivity index (χ1n) is 12.4. The molecular formula is C26H31F3N4O5S. The Balaban J connectivity index is 1.57. The maximum Gasteiger partial charge on any atom is 0.419 e. The highest BCUT2D eigenvalue weighted by Crippen LogP contribution is 2.38. The molecule has 2 aromatic carbocycles. The van der Waals surface area contributed by atoms with Crippen molar-refractivity contribution in [1.82, 2.24) is 19.0 Å². The first-order chi connectivity index (χ1) is 18.3. The van der Waals surface area contributed by atoms with Gasteiger partial charge in [-0.25, -0.2) is 13.2 Å². The predicted octanol–water partition coefficient (Wildman–Crippen LogP) is 2.95. The van der Waals surface area contributed by atoms with Gasteiger partial charge >= 0.3 is 12.2 Å². The van der Waals surface area contributed by atoms with Gasteiger partial charge in [0.25, 0.3) is 5.91 Å². The van der Waals surface area contributed by atoms with E-state index >= 15 is 0 Å². The molecule has 0 radical (unpaired) electrons. The van der Waals surface area contributed by atoms with Crippen molar-refractivity contribution in [3.05, 3.63) is 65.2 Å². The second kappa shape index (κ2) is 11.0. The molecule has 0 saturated carbocycles. The van der Waals surface area contributed by atoms with E-state index in [0.29, 0.717) is 6.54 Å². The van der Waals surface area contributed by atoms with E-state index in [-0.39, 0.29) is 56.0 Å². The van der Waals surface area contributed by atoms with E-state index in [9.17, 15) is 31.2 Å². The van der Waals surface area contributed by atoms with Crippen molar-refractivity contribution in [3.8, 4) is 5.75 Å². The summed E-state index contributed by atoms with van der Waals surface area (Å²) in [5, 5.41) is 0. The van der Waals surface area contributed by atoms with Crippen LogP contribution in [0.25, 0.3) is 0 Å². The molecule has 212 valence electrons. The topological polar surface area (TPSA) is 90.5 Å². The number of hydrogen-bond acceptors (Lipinski definition) is 5.